The Labute approximate surface area is 66.1 Å². The average Bonchev–Trinajstić information content (AvgIpc) is 2.04. The van der Waals surface area contributed by atoms with E-state index in [4.69, 9.17) is 0 Å². The van der Waals surface area contributed by atoms with E-state index in [1.54, 1.807) is 19.1 Å². The molecule has 11 heavy (non-hydrogen) atoms. The molecule has 0 heterocycles. The molecule has 0 N–H and O–H groups in total. The van der Waals surface area contributed by atoms with Crippen molar-refractivity contribution in [3.8, 4) is 11.8 Å². The van der Waals surface area contributed by atoms with E-state index in [1.165, 1.54) is 12.1 Å². The van der Waals surface area contributed by atoms with E-state index in [1.807, 2.05) is 0 Å². The summed E-state index contributed by atoms with van der Waals surface area (Å²) in [7, 11) is 0. The summed E-state index contributed by atoms with van der Waals surface area (Å²) < 4.78 is 12.4. The molecule has 0 spiro atoms. The first-order valence-corrected chi connectivity index (χ1v) is 3.47. The van der Waals surface area contributed by atoms with Gasteiger partial charge in [-0.25, -0.2) is 4.39 Å². The smallest absolute Gasteiger partial charge is 0.123 e. The molecule has 1 rings (SSSR count). The van der Waals surface area contributed by atoms with Crippen molar-refractivity contribution >= 4 is 0 Å². The van der Waals surface area contributed by atoms with E-state index in [0.29, 0.717) is 6.42 Å². The van der Waals surface area contributed by atoms with Crippen LogP contribution in [0.25, 0.3) is 0 Å². The molecule has 0 amide bonds. The minimum Gasteiger partial charge on any atom is -0.207 e. The van der Waals surface area contributed by atoms with Crippen molar-refractivity contribution in [3.63, 3.8) is 0 Å². The minimum absolute atomic E-state index is 0.196. The van der Waals surface area contributed by atoms with Gasteiger partial charge in [0.05, 0.1) is 0 Å². The fourth-order valence-corrected chi connectivity index (χ4v) is 0.793. The molecule has 0 aromatic heterocycles. The Hall–Kier alpha value is -1.29. The highest BCUT2D eigenvalue weighted by atomic mass is 19.1. The van der Waals surface area contributed by atoms with Crippen molar-refractivity contribution in [2.24, 2.45) is 0 Å². The quantitative estimate of drug-likeness (QED) is 0.536. The largest absolute Gasteiger partial charge is 0.207 e. The Morgan fingerprint density at radius 3 is 2.45 bits per heavy atom. The predicted molar refractivity (Wildman–Crippen MR) is 43.6 cm³/mol. The number of halogens is 1. The van der Waals surface area contributed by atoms with Gasteiger partial charge in [-0.1, -0.05) is 18.1 Å². The van der Waals surface area contributed by atoms with E-state index in [9.17, 15) is 4.39 Å². The maximum Gasteiger partial charge on any atom is 0.123 e. The van der Waals surface area contributed by atoms with E-state index < -0.39 is 0 Å². The Balaban J connectivity index is 2.71. The molecular formula is C10H9F. The molecule has 0 aliphatic heterocycles. The molecular weight excluding hydrogens is 139 g/mol. The number of hydrogen-bond acceptors (Lipinski definition) is 0. The lowest BCUT2D eigenvalue weighted by Gasteiger charge is -1.92. The molecule has 56 valence electrons. The molecule has 1 heteroatoms. The van der Waals surface area contributed by atoms with Gasteiger partial charge in [0.25, 0.3) is 0 Å². The van der Waals surface area contributed by atoms with Crippen LogP contribution in [0.1, 0.15) is 12.5 Å². The average molecular weight is 148 g/mol. The van der Waals surface area contributed by atoms with Gasteiger partial charge in [0.2, 0.25) is 0 Å². The van der Waals surface area contributed by atoms with Crippen LogP contribution < -0.4 is 0 Å². The number of rotatable bonds is 1. The molecule has 0 aliphatic carbocycles. The second kappa shape index (κ2) is 3.78. The topological polar surface area (TPSA) is 0 Å². The molecule has 0 saturated heterocycles. The Bertz CT molecular complexity index is 274. The zero-order valence-electron chi connectivity index (χ0n) is 6.39. The summed E-state index contributed by atoms with van der Waals surface area (Å²) in [5.41, 5.74) is 1.06. The van der Waals surface area contributed by atoms with Crippen LogP contribution >= 0.6 is 0 Å². The second-order valence-corrected chi connectivity index (χ2v) is 2.23. The van der Waals surface area contributed by atoms with Crippen molar-refractivity contribution in [3.05, 3.63) is 35.6 Å². The highest BCUT2D eigenvalue weighted by Gasteiger charge is 1.89. The van der Waals surface area contributed by atoms with Gasteiger partial charge in [0.15, 0.2) is 0 Å². The first kappa shape index (κ1) is 7.81. The fraction of sp³-hybridized carbons (Fsp3) is 0.200. The van der Waals surface area contributed by atoms with Crippen LogP contribution in [0.3, 0.4) is 0 Å². The summed E-state index contributed by atoms with van der Waals surface area (Å²) in [6.45, 7) is 1.80. The van der Waals surface area contributed by atoms with Gasteiger partial charge in [-0.2, -0.15) is 0 Å². The zero-order chi connectivity index (χ0) is 8.10. The molecule has 0 radical (unpaired) electrons. The summed E-state index contributed by atoms with van der Waals surface area (Å²) in [6, 6.07) is 6.40. The van der Waals surface area contributed by atoms with Crippen LogP contribution in [0.4, 0.5) is 4.39 Å². The molecule has 0 unspecified atom stereocenters. The van der Waals surface area contributed by atoms with Gasteiger partial charge in [-0.05, 0) is 24.6 Å². The summed E-state index contributed by atoms with van der Waals surface area (Å²) in [6.07, 6.45) is 0.705. The van der Waals surface area contributed by atoms with Gasteiger partial charge in [-0.15, -0.1) is 5.92 Å². The monoisotopic (exact) mass is 148 g/mol. The van der Waals surface area contributed by atoms with Crippen molar-refractivity contribution < 1.29 is 4.39 Å². The first-order valence-electron chi connectivity index (χ1n) is 3.47. The van der Waals surface area contributed by atoms with Crippen LogP contribution in [0.2, 0.25) is 0 Å². The Morgan fingerprint density at radius 2 is 1.91 bits per heavy atom. The summed E-state index contributed by atoms with van der Waals surface area (Å²) >= 11 is 0. The molecule has 0 bridgehead atoms. The minimum atomic E-state index is -0.196. The van der Waals surface area contributed by atoms with Crippen molar-refractivity contribution in [1.82, 2.24) is 0 Å². The molecule has 1 aromatic carbocycles. The SMILES string of the molecule is CC#CCc1ccc(F)cc1. The van der Waals surface area contributed by atoms with E-state index >= 15 is 0 Å². The molecule has 0 saturated carbocycles. The van der Waals surface area contributed by atoms with Crippen LogP contribution in [0.5, 0.6) is 0 Å². The van der Waals surface area contributed by atoms with Gasteiger partial charge in [0.1, 0.15) is 5.82 Å². The number of hydrogen-bond donors (Lipinski definition) is 0. The lowest BCUT2D eigenvalue weighted by molar-refractivity contribution is 0.627. The Kier molecular flexibility index (Phi) is 2.68. The molecule has 1 aromatic rings. The van der Waals surface area contributed by atoms with Crippen LogP contribution in [-0.4, -0.2) is 0 Å². The highest BCUT2D eigenvalue weighted by molar-refractivity contribution is 5.21. The van der Waals surface area contributed by atoms with Crippen molar-refractivity contribution in [1.29, 1.82) is 0 Å². The second-order valence-electron chi connectivity index (χ2n) is 2.23. The molecule has 0 atom stereocenters. The third-order valence-electron chi connectivity index (χ3n) is 1.38. The number of benzene rings is 1. The van der Waals surface area contributed by atoms with Gasteiger partial charge < -0.3 is 0 Å². The summed E-state index contributed by atoms with van der Waals surface area (Å²) in [5, 5.41) is 0. The van der Waals surface area contributed by atoms with Crippen molar-refractivity contribution in [2.75, 3.05) is 0 Å². The standard InChI is InChI=1S/C10H9F/c1-2-3-4-9-5-7-10(11)8-6-9/h5-8H,4H2,1H3. The van der Waals surface area contributed by atoms with E-state index in [-0.39, 0.29) is 5.82 Å². The lowest BCUT2D eigenvalue weighted by Crippen LogP contribution is -1.80. The molecule has 0 nitrogen and oxygen atoms in total. The van der Waals surface area contributed by atoms with Crippen molar-refractivity contribution in [2.45, 2.75) is 13.3 Å². The molecule has 0 fully saturated rings. The lowest BCUT2D eigenvalue weighted by atomic mass is 10.1. The highest BCUT2D eigenvalue weighted by Crippen LogP contribution is 2.02. The zero-order valence-corrected chi connectivity index (χ0v) is 6.39. The third-order valence-corrected chi connectivity index (χ3v) is 1.38. The van der Waals surface area contributed by atoms with E-state index in [2.05, 4.69) is 11.8 Å². The van der Waals surface area contributed by atoms with Crippen LogP contribution in [0.15, 0.2) is 24.3 Å². The third kappa shape index (κ3) is 2.43. The van der Waals surface area contributed by atoms with Crippen LogP contribution in [0, 0.1) is 17.7 Å². The van der Waals surface area contributed by atoms with Gasteiger partial charge in [0, 0.05) is 6.42 Å². The van der Waals surface area contributed by atoms with E-state index in [0.717, 1.165) is 5.56 Å². The normalized spacial score (nSPS) is 8.55. The summed E-state index contributed by atoms with van der Waals surface area (Å²) in [4.78, 5) is 0. The predicted octanol–water partition coefficient (Wildman–Crippen LogP) is 2.39. The van der Waals surface area contributed by atoms with Gasteiger partial charge in [-0.3, -0.25) is 0 Å². The summed E-state index contributed by atoms with van der Waals surface area (Å²) in [5.74, 6) is 5.50. The van der Waals surface area contributed by atoms with Crippen LogP contribution in [-0.2, 0) is 6.42 Å². The Morgan fingerprint density at radius 1 is 1.27 bits per heavy atom. The maximum absolute atomic E-state index is 12.4. The maximum atomic E-state index is 12.4. The molecule has 0 aliphatic rings. The first-order chi connectivity index (χ1) is 5.33. The van der Waals surface area contributed by atoms with Gasteiger partial charge >= 0.3 is 0 Å². The fourth-order valence-electron chi connectivity index (χ4n) is 0.793.